The maximum Gasteiger partial charge on any atom is 0.0546 e. The lowest BCUT2D eigenvalue weighted by Gasteiger charge is -2.47. The third-order valence-corrected chi connectivity index (χ3v) is 16.9. The Balaban J connectivity index is 1.28. The van der Waals surface area contributed by atoms with E-state index in [0.717, 1.165) is 23.7 Å². The van der Waals surface area contributed by atoms with Crippen molar-refractivity contribution in [3.8, 4) is 22.3 Å². The van der Waals surface area contributed by atoms with Crippen LogP contribution in [0.4, 0.5) is 17.1 Å². The molecule has 1 nitrogen and oxygen atoms in total. The SMILES string of the molecule is CC1(C)CCC(C)(C)c2c(N(c3cc4c(cc3-c3ccccc3)C3(c5ccccc5-4)C4CC5CC(C4)C3C5)c3cccc4c3C(C)(C)CCC4(C)C)cccc21. The quantitative estimate of drug-likeness (QED) is 0.178. The van der Waals surface area contributed by atoms with Gasteiger partial charge in [-0.15, -0.1) is 0 Å². The van der Waals surface area contributed by atoms with E-state index in [1.54, 1.807) is 11.1 Å². The van der Waals surface area contributed by atoms with Gasteiger partial charge in [0.2, 0.25) is 0 Å². The molecule has 0 heterocycles. The molecular weight excluding hydrogens is 675 g/mol. The highest BCUT2D eigenvalue weighted by molar-refractivity contribution is 5.97. The Kier molecular flexibility index (Phi) is 7.22. The molecule has 7 aliphatic carbocycles. The van der Waals surface area contributed by atoms with Gasteiger partial charge in [-0.2, -0.15) is 0 Å². The zero-order valence-electron chi connectivity index (χ0n) is 35.2. The van der Waals surface area contributed by atoms with E-state index in [2.05, 4.69) is 163 Å². The summed E-state index contributed by atoms with van der Waals surface area (Å²) in [4.78, 5) is 2.80. The summed E-state index contributed by atoms with van der Waals surface area (Å²) in [5, 5.41) is 0. The van der Waals surface area contributed by atoms with Crippen molar-refractivity contribution in [3.63, 3.8) is 0 Å². The Morgan fingerprint density at radius 1 is 0.446 bits per heavy atom. The topological polar surface area (TPSA) is 3.24 Å². The fraction of sp³-hybridized carbons (Fsp3) is 0.455. The van der Waals surface area contributed by atoms with Crippen molar-refractivity contribution < 1.29 is 0 Å². The summed E-state index contributed by atoms with van der Waals surface area (Å²) in [7, 11) is 0. The van der Waals surface area contributed by atoms with Crippen molar-refractivity contribution in [2.24, 2.45) is 23.7 Å². The number of hydrogen-bond donors (Lipinski definition) is 0. The molecule has 0 aliphatic heterocycles. The molecule has 7 aliphatic rings. The monoisotopic (exact) mass is 735 g/mol. The van der Waals surface area contributed by atoms with Crippen LogP contribution in [-0.4, -0.2) is 0 Å². The van der Waals surface area contributed by atoms with Crippen molar-refractivity contribution in [2.75, 3.05) is 4.90 Å². The summed E-state index contributed by atoms with van der Waals surface area (Å²) in [6, 6.07) is 41.2. The lowest BCUT2D eigenvalue weighted by atomic mass is 9.59. The van der Waals surface area contributed by atoms with Crippen LogP contribution in [0.1, 0.15) is 140 Å². The molecule has 5 aromatic carbocycles. The van der Waals surface area contributed by atoms with Gasteiger partial charge in [0.1, 0.15) is 0 Å². The molecule has 1 spiro atoms. The third kappa shape index (κ3) is 4.61. The Hall–Kier alpha value is -4.10. The van der Waals surface area contributed by atoms with Crippen LogP contribution in [0.25, 0.3) is 22.3 Å². The van der Waals surface area contributed by atoms with E-state index in [1.807, 2.05) is 0 Å². The van der Waals surface area contributed by atoms with Crippen LogP contribution in [0, 0.1) is 23.7 Å². The lowest BCUT2D eigenvalue weighted by molar-refractivity contribution is 0.191. The minimum atomic E-state index is 0.0335. The van der Waals surface area contributed by atoms with Gasteiger partial charge in [0.25, 0.3) is 0 Å². The first-order chi connectivity index (χ1) is 26.7. The third-order valence-electron chi connectivity index (χ3n) is 16.9. The van der Waals surface area contributed by atoms with Crippen LogP contribution >= 0.6 is 0 Å². The molecule has 56 heavy (non-hydrogen) atoms. The van der Waals surface area contributed by atoms with Gasteiger partial charge in [0.15, 0.2) is 0 Å². The lowest BCUT2D eigenvalue weighted by Crippen LogP contribution is -2.40. The number of rotatable bonds is 4. The fourth-order valence-corrected chi connectivity index (χ4v) is 14.2. The Bertz CT molecular complexity index is 2340. The number of anilines is 3. The molecule has 5 aromatic rings. The Morgan fingerprint density at radius 2 is 1.02 bits per heavy atom. The predicted molar refractivity (Wildman–Crippen MR) is 236 cm³/mol. The average Bonchev–Trinajstić information content (AvgIpc) is 3.72. The van der Waals surface area contributed by atoms with E-state index in [0.29, 0.717) is 0 Å². The first-order valence-corrected chi connectivity index (χ1v) is 22.1. The molecule has 4 fully saturated rings. The van der Waals surface area contributed by atoms with Gasteiger partial charge in [0.05, 0.1) is 17.1 Å². The summed E-state index contributed by atoms with van der Waals surface area (Å²) in [5.41, 5.74) is 19.5. The molecule has 0 aromatic heterocycles. The number of nitrogens with zero attached hydrogens (tertiary/aromatic N) is 1. The van der Waals surface area contributed by atoms with E-state index < -0.39 is 0 Å². The molecule has 5 unspecified atom stereocenters. The van der Waals surface area contributed by atoms with E-state index in [1.165, 1.54) is 113 Å². The van der Waals surface area contributed by atoms with E-state index in [-0.39, 0.29) is 27.1 Å². The fourth-order valence-electron chi connectivity index (χ4n) is 14.2. The van der Waals surface area contributed by atoms with Gasteiger partial charge in [-0.25, -0.2) is 0 Å². The normalized spacial score (nSPS) is 28.8. The second kappa shape index (κ2) is 11.5. The van der Waals surface area contributed by atoms with Crippen LogP contribution in [0.15, 0.2) is 103 Å². The van der Waals surface area contributed by atoms with Crippen LogP contribution in [-0.2, 0) is 27.1 Å². The molecular formula is C55H61N. The number of benzene rings is 5. The van der Waals surface area contributed by atoms with Crippen molar-refractivity contribution in [2.45, 2.75) is 134 Å². The zero-order chi connectivity index (χ0) is 38.6. The average molecular weight is 736 g/mol. The van der Waals surface area contributed by atoms with Crippen LogP contribution < -0.4 is 4.90 Å². The molecule has 5 atom stereocenters. The number of hydrogen-bond acceptors (Lipinski definition) is 1. The maximum absolute atomic E-state index is 2.80. The van der Waals surface area contributed by atoms with Crippen molar-refractivity contribution in [3.05, 3.63) is 137 Å². The van der Waals surface area contributed by atoms with Crippen LogP contribution in [0.3, 0.4) is 0 Å². The van der Waals surface area contributed by atoms with Gasteiger partial charge in [-0.1, -0.05) is 134 Å². The van der Waals surface area contributed by atoms with Crippen LogP contribution in [0.5, 0.6) is 0 Å². The summed E-state index contributed by atoms with van der Waals surface area (Å²) in [5.74, 6) is 3.30. The standard InChI is InChI=1S/C55H61N/c1-51(2)24-26-53(5,6)49-42(51)20-14-22-46(49)56(47-23-15-21-43-50(47)54(7,8)27-25-52(43,3)4)48-33-40-38-18-12-13-19-41(38)55(37-29-34-28-36(31-37)44(55)30-34)45(40)32-39(48)35-16-10-9-11-17-35/h9-23,32-34,36-37,44H,24-31H2,1-8H3. The Morgan fingerprint density at radius 3 is 1.64 bits per heavy atom. The summed E-state index contributed by atoms with van der Waals surface area (Å²) in [6.07, 6.45) is 10.4. The highest BCUT2D eigenvalue weighted by Gasteiger charge is 2.66. The molecule has 0 radical (unpaired) electrons. The van der Waals surface area contributed by atoms with Crippen LogP contribution in [0.2, 0.25) is 0 Å². The molecule has 1 heteroatoms. The largest absolute Gasteiger partial charge is 0.309 e. The van der Waals surface area contributed by atoms with Crippen molar-refractivity contribution >= 4 is 17.1 Å². The first kappa shape index (κ1) is 35.1. The molecule has 4 bridgehead atoms. The van der Waals surface area contributed by atoms with Gasteiger partial charge < -0.3 is 4.90 Å². The van der Waals surface area contributed by atoms with E-state index in [4.69, 9.17) is 0 Å². The van der Waals surface area contributed by atoms with E-state index in [9.17, 15) is 0 Å². The first-order valence-electron chi connectivity index (χ1n) is 22.1. The zero-order valence-corrected chi connectivity index (χ0v) is 35.2. The summed E-state index contributed by atoms with van der Waals surface area (Å²) in [6.45, 7) is 20.0. The van der Waals surface area contributed by atoms with Crippen molar-refractivity contribution in [1.82, 2.24) is 0 Å². The van der Waals surface area contributed by atoms with Gasteiger partial charge in [-0.05, 0) is 171 Å². The summed E-state index contributed by atoms with van der Waals surface area (Å²) < 4.78 is 0. The molecule has 0 N–H and O–H groups in total. The van der Waals surface area contributed by atoms with E-state index >= 15 is 0 Å². The molecule has 0 amide bonds. The highest BCUT2D eigenvalue weighted by atomic mass is 15.2. The summed E-state index contributed by atoms with van der Waals surface area (Å²) >= 11 is 0. The molecule has 12 rings (SSSR count). The second-order valence-electron chi connectivity index (χ2n) is 21.8. The van der Waals surface area contributed by atoms with Crippen molar-refractivity contribution in [1.29, 1.82) is 0 Å². The molecule has 0 saturated heterocycles. The Labute approximate surface area is 337 Å². The highest BCUT2D eigenvalue weighted by Crippen LogP contribution is 2.73. The molecule has 4 saturated carbocycles. The maximum atomic E-state index is 2.80. The smallest absolute Gasteiger partial charge is 0.0546 e. The van der Waals surface area contributed by atoms with Gasteiger partial charge in [-0.3, -0.25) is 0 Å². The number of fused-ring (bicyclic) bond motifs is 5. The minimum absolute atomic E-state index is 0.0335. The molecule has 286 valence electrons. The van der Waals surface area contributed by atoms with Gasteiger partial charge in [0, 0.05) is 11.0 Å². The second-order valence-corrected chi connectivity index (χ2v) is 21.8. The minimum Gasteiger partial charge on any atom is -0.309 e. The predicted octanol–water partition coefficient (Wildman–Crippen LogP) is 14.9. The van der Waals surface area contributed by atoms with Gasteiger partial charge >= 0.3 is 0 Å².